The predicted molar refractivity (Wildman–Crippen MR) is 124 cm³/mol. The van der Waals surface area contributed by atoms with Crippen molar-refractivity contribution in [2.45, 2.75) is 83.7 Å². The van der Waals surface area contributed by atoms with E-state index in [2.05, 4.69) is 36.1 Å². The average Bonchev–Trinajstić information content (AvgIpc) is 3.34. The Hall–Kier alpha value is -1.32. The van der Waals surface area contributed by atoms with E-state index in [-0.39, 0.29) is 24.4 Å². The molecule has 1 aliphatic rings. The zero-order valence-electron chi connectivity index (χ0n) is 19.0. The molecule has 0 amide bonds. The topological polar surface area (TPSA) is 88.7 Å². The van der Waals surface area contributed by atoms with Gasteiger partial charge in [0, 0.05) is 25.4 Å². The van der Waals surface area contributed by atoms with Crippen LogP contribution in [0, 0.1) is 0 Å². The first-order chi connectivity index (χ1) is 15.2. The van der Waals surface area contributed by atoms with Gasteiger partial charge < -0.3 is 24.7 Å². The Labute approximate surface area is 189 Å². The highest BCUT2D eigenvalue weighted by Gasteiger charge is 2.47. The summed E-state index contributed by atoms with van der Waals surface area (Å²) in [4.78, 5) is 8.63. The molecule has 174 valence electrons. The maximum absolute atomic E-state index is 6.55. The Balaban J connectivity index is 1.85. The minimum atomic E-state index is -0.272. The Morgan fingerprint density at radius 2 is 1.65 bits per heavy atom. The number of hydrogen-bond donors (Lipinski definition) is 1. The number of unbranched alkanes of at least 4 members (excludes halogenated alkanes) is 3. The van der Waals surface area contributed by atoms with Gasteiger partial charge in [0.1, 0.15) is 36.6 Å². The molecule has 31 heavy (non-hydrogen) atoms. The van der Waals surface area contributed by atoms with Crippen LogP contribution in [0.1, 0.15) is 71.0 Å². The third-order valence-corrected chi connectivity index (χ3v) is 6.58. The first kappa shape index (κ1) is 24.3. The molecule has 4 atom stereocenters. The van der Waals surface area contributed by atoms with E-state index < -0.39 is 0 Å². The molecule has 1 fully saturated rings. The second-order valence-electron chi connectivity index (χ2n) is 8.03. The molecule has 3 rings (SSSR count). The molecular formula is C23H37N3O4S. The van der Waals surface area contributed by atoms with Gasteiger partial charge in [0.15, 0.2) is 0 Å². The number of rotatable bonds is 14. The van der Waals surface area contributed by atoms with E-state index in [0.717, 1.165) is 60.9 Å². The second kappa shape index (κ2) is 12.6. The highest BCUT2D eigenvalue weighted by atomic mass is 32.1. The van der Waals surface area contributed by atoms with E-state index >= 15 is 0 Å². The molecule has 0 spiro atoms. The summed E-state index contributed by atoms with van der Waals surface area (Å²) in [7, 11) is 0. The van der Waals surface area contributed by atoms with Gasteiger partial charge in [0.2, 0.25) is 0 Å². The molecule has 8 heteroatoms. The van der Waals surface area contributed by atoms with Gasteiger partial charge in [-0.1, -0.05) is 40.0 Å². The normalized spacial score (nSPS) is 23.7. The lowest BCUT2D eigenvalue weighted by Crippen LogP contribution is -2.38. The van der Waals surface area contributed by atoms with Crippen molar-refractivity contribution >= 4 is 27.4 Å². The lowest BCUT2D eigenvalue weighted by atomic mass is 10.0. The third-order valence-electron chi connectivity index (χ3n) is 5.57. The van der Waals surface area contributed by atoms with Crippen LogP contribution in [0.2, 0.25) is 0 Å². The molecule has 1 saturated heterocycles. The second-order valence-corrected chi connectivity index (χ2v) is 8.91. The van der Waals surface area contributed by atoms with Gasteiger partial charge in [-0.15, -0.1) is 11.3 Å². The molecule has 2 aromatic rings. The number of aromatic nitrogens is 2. The Morgan fingerprint density at radius 1 is 0.968 bits per heavy atom. The van der Waals surface area contributed by atoms with Gasteiger partial charge >= 0.3 is 0 Å². The minimum Gasteiger partial charge on any atom is -0.382 e. The Bertz CT molecular complexity index is 787. The van der Waals surface area contributed by atoms with Crippen LogP contribution >= 0.6 is 11.3 Å². The largest absolute Gasteiger partial charge is 0.382 e. The van der Waals surface area contributed by atoms with Gasteiger partial charge in [-0.3, -0.25) is 0 Å². The summed E-state index contributed by atoms with van der Waals surface area (Å²) in [5, 5.41) is 2.07. The number of nitrogens with two attached hydrogens (primary N) is 1. The number of hydrogen-bond acceptors (Lipinski definition) is 8. The summed E-state index contributed by atoms with van der Waals surface area (Å²) < 4.78 is 26.1. The van der Waals surface area contributed by atoms with E-state index in [1.165, 1.54) is 6.33 Å². The van der Waals surface area contributed by atoms with E-state index in [1.54, 1.807) is 11.3 Å². The van der Waals surface area contributed by atoms with Crippen LogP contribution in [0.4, 0.5) is 5.82 Å². The zero-order valence-corrected chi connectivity index (χ0v) is 19.9. The van der Waals surface area contributed by atoms with Gasteiger partial charge in [0.25, 0.3) is 0 Å². The van der Waals surface area contributed by atoms with Crippen molar-refractivity contribution in [2.24, 2.45) is 0 Å². The number of thiophene rings is 1. The van der Waals surface area contributed by atoms with E-state index in [9.17, 15) is 0 Å². The van der Waals surface area contributed by atoms with Crippen molar-refractivity contribution in [2.75, 3.05) is 32.2 Å². The van der Waals surface area contributed by atoms with Crippen molar-refractivity contribution in [3.05, 3.63) is 17.3 Å². The Morgan fingerprint density at radius 3 is 2.35 bits per heavy atom. The highest BCUT2D eigenvalue weighted by Crippen LogP contribution is 2.42. The van der Waals surface area contributed by atoms with Crippen LogP contribution in [-0.2, 0) is 18.9 Å². The molecule has 3 heterocycles. The first-order valence-corrected chi connectivity index (χ1v) is 12.5. The third kappa shape index (κ3) is 6.14. The van der Waals surface area contributed by atoms with Crippen LogP contribution < -0.4 is 5.73 Å². The number of nitrogen functional groups attached to an aromatic ring is 1. The number of nitrogens with zero attached hydrogens (tertiary/aromatic N) is 2. The number of anilines is 1. The monoisotopic (exact) mass is 451 g/mol. The predicted octanol–water partition coefficient (Wildman–Crippen LogP) is 4.90. The van der Waals surface area contributed by atoms with Crippen LogP contribution in [0.15, 0.2) is 11.7 Å². The van der Waals surface area contributed by atoms with Crippen LogP contribution in [0.3, 0.4) is 0 Å². The summed E-state index contributed by atoms with van der Waals surface area (Å²) in [6.45, 7) is 9.09. The van der Waals surface area contributed by atoms with Gasteiger partial charge in [-0.25, -0.2) is 9.97 Å². The minimum absolute atomic E-state index is 0.177. The standard InChI is InChI=1S/C23H37N3O4S/c1-4-7-10-27-13-17-20(28-11-8-5-2)21(29-12-9-6-3)19(30-17)16-14-31-22-18(16)25-15-26-23(22)24/h14-15,17,19-21H,4-13H2,1-3H3,(H2,24,25,26)/t17-,19+,20-,21+/m1/s1. The SMILES string of the molecule is CCCCOC[C@H]1O[C@@H](c2csc3c(N)ncnc23)[C@H](OCCCC)[C@@H]1OCCCC. The van der Waals surface area contributed by atoms with Crippen LogP contribution in [0.5, 0.6) is 0 Å². The molecule has 0 aliphatic carbocycles. The molecule has 1 aliphatic heterocycles. The summed E-state index contributed by atoms with van der Waals surface area (Å²) >= 11 is 1.55. The zero-order chi connectivity index (χ0) is 22.1. The van der Waals surface area contributed by atoms with Crippen molar-refractivity contribution in [1.29, 1.82) is 0 Å². The lowest BCUT2D eigenvalue weighted by molar-refractivity contribution is -0.0795. The van der Waals surface area contributed by atoms with Crippen molar-refractivity contribution in [1.82, 2.24) is 9.97 Å². The lowest BCUT2D eigenvalue weighted by Gasteiger charge is -2.25. The van der Waals surface area contributed by atoms with Crippen LogP contribution in [0.25, 0.3) is 10.2 Å². The van der Waals surface area contributed by atoms with Gasteiger partial charge in [-0.2, -0.15) is 0 Å². The Kier molecular flexibility index (Phi) is 9.93. The first-order valence-electron chi connectivity index (χ1n) is 11.6. The van der Waals surface area contributed by atoms with Crippen LogP contribution in [-0.4, -0.2) is 54.7 Å². The van der Waals surface area contributed by atoms with Crippen molar-refractivity contribution in [3.8, 4) is 0 Å². The van der Waals surface area contributed by atoms with E-state index in [0.29, 0.717) is 25.6 Å². The quantitative estimate of drug-likeness (QED) is 0.409. The maximum atomic E-state index is 6.55. The van der Waals surface area contributed by atoms with Crippen molar-refractivity contribution < 1.29 is 18.9 Å². The number of ether oxygens (including phenoxy) is 4. The fourth-order valence-corrected chi connectivity index (χ4v) is 4.70. The molecule has 2 aromatic heterocycles. The molecule has 0 radical (unpaired) electrons. The molecule has 0 bridgehead atoms. The molecule has 2 N–H and O–H groups in total. The van der Waals surface area contributed by atoms with Crippen molar-refractivity contribution in [3.63, 3.8) is 0 Å². The fourth-order valence-electron chi connectivity index (χ4n) is 3.76. The van der Waals surface area contributed by atoms with E-state index in [1.807, 2.05) is 0 Å². The summed E-state index contributed by atoms with van der Waals surface area (Å²) in [5.74, 6) is 0.498. The maximum Gasteiger partial charge on any atom is 0.144 e. The van der Waals surface area contributed by atoms with Gasteiger partial charge in [-0.05, 0) is 24.6 Å². The summed E-state index contributed by atoms with van der Waals surface area (Å²) in [5.41, 5.74) is 7.91. The summed E-state index contributed by atoms with van der Waals surface area (Å²) in [6.07, 6.45) is 6.99. The molecule has 0 aromatic carbocycles. The molecular weight excluding hydrogens is 414 g/mol. The summed E-state index contributed by atoms with van der Waals surface area (Å²) in [6, 6.07) is 0. The fraction of sp³-hybridized carbons (Fsp3) is 0.739. The molecule has 7 nitrogen and oxygen atoms in total. The smallest absolute Gasteiger partial charge is 0.144 e. The van der Waals surface area contributed by atoms with E-state index in [4.69, 9.17) is 24.7 Å². The molecule has 0 saturated carbocycles. The van der Waals surface area contributed by atoms with Gasteiger partial charge in [0.05, 0.1) is 16.8 Å². The highest BCUT2D eigenvalue weighted by molar-refractivity contribution is 7.17. The number of fused-ring (bicyclic) bond motifs is 1. The average molecular weight is 452 g/mol. The molecule has 0 unspecified atom stereocenters.